The van der Waals surface area contributed by atoms with E-state index >= 15 is 0 Å². The maximum Gasteiger partial charge on any atom is 0.270 e. The van der Waals surface area contributed by atoms with Crippen LogP contribution >= 0.6 is 11.3 Å². The summed E-state index contributed by atoms with van der Waals surface area (Å²) in [5.74, 6) is 0.531. The van der Waals surface area contributed by atoms with Crippen LogP contribution in [0.3, 0.4) is 0 Å². The zero-order valence-corrected chi connectivity index (χ0v) is 20.6. The van der Waals surface area contributed by atoms with Gasteiger partial charge in [0.25, 0.3) is 5.91 Å². The van der Waals surface area contributed by atoms with Crippen molar-refractivity contribution in [2.24, 2.45) is 5.92 Å². The molecule has 5 aromatic rings. The fraction of sp³-hybridized carbons (Fsp3) is 0.241. The predicted octanol–water partition coefficient (Wildman–Crippen LogP) is 7.46. The second kappa shape index (κ2) is 9.43. The lowest BCUT2D eigenvalue weighted by Crippen LogP contribution is -2.33. The zero-order chi connectivity index (χ0) is 23.7. The highest BCUT2D eigenvalue weighted by atomic mass is 32.1. The zero-order valence-electron chi connectivity index (χ0n) is 19.8. The van der Waals surface area contributed by atoms with E-state index in [0.717, 1.165) is 24.1 Å². The molecule has 0 fully saturated rings. The molecule has 1 atom stereocenters. The minimum Gasteiger partial charge on any atom is -0.348 e. The SMILES string of the molecule is CC(C)CC[C@@H](C)NC(=O)c1cncn1-c1cccc(-c2cccc3c2sc2ccccc23)c1. The van der Waals surface area contributed by atoms with Crippen LogP contribution in [0.1, 0.15) is 44.1 Å². The van der Waals surface area contributed by atoms with Crippen molar-refractivity contribution >= 4 is 37.4 Å². The van der Waals surface area contributed by atoms with Gasteiger partial charge in [-0.15, -0.1) is 11.3 Å². The largest absolute Gasteiger partial charge is 0.348 e. The Balaban J connectivity index is 1.48. The van der Waals surface area contributed by atoms with Crippen LogP contribution < -0.4 is 5.32 Å². The first-order valence-corrected chi connectivity index (χ1v) is 12.7. The summed E-state index contributed by atoms with van der Waals surface area (Å²) in [6.07, 6.45) is 5.41. The number of amides is 1. The summed E-state index contributed by atoms with van der Waals surface area (Å²) in [4.78, 5) is 17.3. The summed E-state index contributed by atoms with van der Waals surface area (Å²) in [6.45, 7) is 6.47. The van der Waals surface area contributed by atoms with Gasteiger partial charge in [0.05, 0.1) is 12.5 Å². The highest BCUT2D eigenvalue weighted by Crippen LogP contribution is 2.40. The van der Waals surface area contributed by atoms with Crippen LogP contribution in [0.15, 0.2) is 79.3 Å². The molecule has 0 radical (unpaired) electrons. The Bertz CT molecular complexity index is 1460. The third kappa shape index (κ3) is 4.36. The molecule has 0 aliphatic carbocycles. The third-order valence-electron chi connectivity index (χ3n) is 6.27. The number of thiophene rings is 1. The van der Waals surface area contributed by atoms with Gasteiger partial charge in [0.15, 0.2) is 0 Å². The maximum absolute atomic E-state index is 13.0. The fourth-order valence-corrected chi connectivity index (χ4v) is 5.66. The molecule has 0 unspecified atom stereocenters. The van der Waals surface area contributed by atoms with E-state index in [1.165, 1.54) is 25.7 Å². The van der Waals surface area contributed by atoms with E-state index in [9.17, 15) is 4.79 Å². The monoisotopic (exact) mass is 467 g/mol. The Morgan fingerprint density at radius 3 is 2.62 bits per heavy atom. The third-order valence-corrected chi connectivity index (χ3v) is 7.49. The van der Waals surface area contributed by atoms with Gasteiger partial charge in [0.2, 0.25) is 0 Å². The van der Waals surface area contributed by atoms with Crippen LogP contribution in [0.5, 0.6) is 0 Å². The number of nitrogens with zero attached hydrogens (tertiary/aromatic N) is 2. The average molecular weight is 468 g/mol. The molecule has 0 spiro atoms. The number of fused-ring (bicyclic) bond motifs is 3. The summed E-state index contributed by atoms with van der Waals surface area (Å²) >= 11 is 1.82. The molecule has 2 aromatic heterocycles. The van der Waals surface area contributed by atoms with Gasteiger partial charge in [-0.2, -0.15) is 0 Å². The first-order chi connectivity index (χ1) is 16.5. The van der Waals surface area contributed by atoms with E-state index in [4.69, 9.17) is 0 Å². The van der Waals surface area contributed by atoms with Gasteiger partial charge in [0.1, 0.15) is 5.69 Å². The molecule has 3 aromatic carbocycles. The van der Waals surface area contributed by atoms with Gasteiger partial charge < -0.3 is 5.32 Å². The van der Waals surface area contributed by atoms with Gasteiger partial charge in [-0.25, -0.2) is 4.98 Å². The Morgan fingerprint density at radius 1 is 0.971 bits per heavy atom. The lowest BCUT2D eigenvalue weighted by atomic mass is 10.0. The Morgan fingerprint density at radius 2 is 1.76 bits per heavy atom. The molecule has 1 N–H and O–H groups in total. The number of carbonyl (C=O) groups excluding carboxylic acids is 1. The van der Waals surface area contributed by atoms with Gasteiger partial charge in [-0.3, -0.25) is 9.36 Å². The van der Waals surface area contributed by atoms with Gasteiger partial charge >= 0.3 is 0 Å². The molecule has 172 valence electrons. The normalized spacial score (nSPS) is 12.5. The average Bonchev–Trinajstić information content (AvgIpc) is 3.48. The number of nitrogens with one attached hydrogen (secondary N) is 1. The van der Waals surface area contributed by atoms with Crippen molar-refractivity contribution in [2.45, 2.75) is 39.7 Å². The van der Waals surface area contributed by atoms with Gasteiger partial charge in [-0.05, 0) is 55.0 Å². The molecule has 0 bridgehead atoms. The number of aromatic nitrogens is 2. The van der Waals surface area contributed by atoms with Crippen LogP contribution in [0, 0.1) is 5.92 Å². The van der Waals surface area contributed by atoms with Crippen molar-refractivity contribution in [1.29, 1.82) is 0 Å². The number of benzene rings is 3. The number of hydrogen-bond donors (Lipinski definition) is 1. The number of imidazole rings is 1. The number of rotatable bonds is 7. The summed E-state index contributed by atoms with van der Waals surface area (Å²) in [7, 11) is 0. The molecule has 1 amide bonds. The highest BCUT2D eigenvalue weighted by Gasteiger charge is 2.17. The lowest BCUT2D eigenvalue weighted by Gasteiger charge is -2.16. The van der Waals surface area contributed by atoms with E-state index in [2.05, 4.69) is 85.7 Å². The quantitative estimate of drug-likeness (QED) is 0.270. The van der Waals surface area contributed by atoms with E-state index in [1.54, 1.807) is 12.5 Å². The van der Waals surface area contributed by atoms with Crippen molar-refractivity contribution in [3.8, 4) is 16.8 Å². The summed E-state index contributed by atoms with van der Waals surface area (Å²) in [6, 6.07) is 23.5. The smallest absolute Gasteiger partial charge is 0.270 e. The van der Waals surface area contributed by atoms with Crippen LogP contribution in [-0.4, -0.2) is 21.5 Å². The van der Waals surface area contributed by atoms with Crippen molar-refractivity contribution in [3.63, 3.8) is 0 Å². The van der Waals surface area contributed by atoms with E-state index in [0.29, 0.717) is 11.6 Å². The van der Waals surface area contributed by atoms with Crippen LogP contribution in [0.25, 0.3) is 37.0 Å². The summed E-state index contributed by atoms with van der Waals surface area (Å²) in [5.41, 5.74) is 3.80. The molecule has 2 heterocycles. The second-order valence-corrected chi connectivity index (χ2v) is 10.4. The molecule has 5 rings (SSSR count). The number of carbonyl (C=O) groups is 1. The summed E-state index contributed by atoms with van der Waals surface area (Å²) < 4.78 is 4.45. The first-order valence-electron chi connectivity index (χ1n) is 11.9. The molecule has 34 heavy (non-hydrogen) atoms. The molecular formula is C29H29N3OS. The minimum atomic E-state index is -0.0919. The Hall–Kier alpha value is -3.44. The number of hydrogen-bond acceptors (Lipinski definition) is 3. The maximum atomic E-state index is 13.0. The van der Waals surface area contributed by atoms with E-state index in [1.807, 2.05) is 28.0 Å². The van der Waals surface area contributed by atoms with E-state index in [-0.39, 0.29) is 11.9 Å². The van der Waals surface area contributed by atoms with Gasteiger partial charge in [0, 0.05) is 31.9 Å². The molecule has 0 saturated carbocycles. The lowest BCUT2D eigenvalue weighted by molar-refractivity contribution is 0.0930. The molecule has 4 nitrogen and oxygen atoms in total. The Labute approximate surface area is 204 Å². The summed E-state index contributed by atoms with van der Waals surface area (Å²) in [5, 5.41) is 5.71. The molecular weight excluding hydrogens is 438 g/mol. The first kappa shape index (κ1) is 22.4. The van der Waals surface area contributed by atoms with E-state index < -0.39 is 0 Å². The Kier molecular flexibility index (Phi) is 6.20. The molecule has 0 saturated heterocycles. The van der Waals surface area contributed by atoms with Gasteiger partial charge in [-0.1, -0.05) is 62.4 Å². The molecule has 0 aliphatic rings. The fourth-order valence-electron chi connectivity index (χ4n) is 4.42. The van der Waals surface area contributed by atoms with Crippen LogP contribution in [-0.2, 0) is 0 Å². The molecule has 5 heteroatoms. The van der Waals surface area contributed by atoms with Crippen molar-refractivity contribution in [2.75, 3.05) is 0 Å². The predicted molar refractivity (Wildman–Crippen MR) is 143 cm³/mol. The van der Waals surface area contributed by atoms with Crippen molar-refractivity contribution in [1.82, 2.24) is 14.9 Å². The highest BCUT2D eigenvalue weighted by molar-refractivity contribution is 7.26. The van der Waals surface area contributed by atoms with Crippen LogP contribution in [0.4, 0.5) is 0 Å². The minimum absolute atomic E-state index is 0.0919. The topological polar surface area (TPSA) is 46.9 Å². The van der Waals surface area contributed by atoms with Crippen LogP contribution in [0.2, 0.25) is 0 Å². The second-order valence-electron chi connectivity index (χ2n) is 9.33. The standard InChI is InChI=1S/C29H29N3OS/c1-19(2)14-15-20(3)31-29(33)26-17-30-18-32(26)22-9-6-8-21(16-22)23-11-7-12-25-24-10-4-5-13-27(24)34-28(23)25/h4-13,16-20H,14-15H2,1-3H3,(H,31,33)/t20-/m1/s1. The van der Waals surface area contributed by atoms with Crippen molar-refractivity contribution in [3.05, 3.63) is 84.9 Å². The molecule has 0 aliphatic heterocycles. The van der Waals surface area contributed by atoms with Crippen molar-refractivity contribution < 1.29 is 4.79 Å².